The molecule has 4 heteroatoms. The Morgan fingerprint density at radius 2 is 2.00 bits per heavy atom. The minimum Gasteiger partial charge on any atom is -0.393 e. The minimum atomic E-state index is -0.586. The third-order valence-corrected chi connectivity index (χ3v) is 8.50. The molecule has 3 nitrogen and oxygen atoms in total. The third kappa shape index (κ3) is 1.87. The molecule has 4 aliphatic rings. The molecule has 0 spiro atoms. The molecule has 1 N–H and O–H groups in total. The van der Waals surface area contributed by atoms with Crippen LogP contribution in [0.4, 0.5) is 0 Å². The number of carbonyl (C=O) groups is 2. The fourth-order valence-electron chi connectivity index (χ4n) is 6.48. The van der Waals surface area contributed by atoms with Crippen molar-refractivity contribution in [1.29, 1.82) is 0 Å². The molecule has 2 unspecified atom stereocenters. The Hall–Kier alpha value is -0.670. The van der Waals surface area contributed by atoms with Crippen molar-refractivity contribution in [3.05, 3.63) is 12.2 Å². The first kappa shape index (κ1) is 15.8. The van der Waals surface area contributed by atoms with Gasteiger partial charge >= 0.3 is 0 Å². The molecule has 126 valence electrons. The van der Waals surface area contributed by atoms with E-state index in [-0.39, 0.29) is 22.5 Å². The van der Waals surface area contributed by atoms with Gasteiger partial charge in [-0.05, 0) is 49.5 Å². The summed E-state index contributed by atoms with van der Waals surface area (Å²) in [7, 11) is 0. The van der Waals surface area contributed by atoms with Gasteiger partial charge in [-0.15, -0.1) is 11.6 Å². The summed E-state index contributed by atoms with van der Waals surface area (Å²) in [6.07, 6.45) is 7.29. The van der Waals surface area contributed by atoms with Gasteiger partial charge in [0.2, 0.25) is 0 Å². The molecule has 0 aliphatic heterocycles. The number of hydrogen-bond donors (Lipinski definition) is 1. The summed E-state index contributed by atoms with van der Waals surface area (Å²) in [5, 5.41) is 11.0. The average Bonchev–Trinajstić information content (AvgIpc) is 2.75. The van der Waals surface area contributed by atoms with E-state index in [4.69, 9.17) is 11.6 Å². The van der Waals surface area contributed by atoms with Crippen molar-refractivity contribution in [2.24, 2.45) is 28.6 Å². The fraction of sp³-hybridized carbons (Fsp3) is 0.789. The van der Waals surface area contributed by atoms with Crippen molar-refractivity contribution < 1.29 is 14.7 Å². The van der Waals surface area contributed by atoms with Crippen LogP contribution in [0.15, 0.2) is 12.2 Å². The lowest BCUT2D eigenvalue weighted by Crippen LogP contribution is -2.62. The molecular formula is C19H25ClO3. The molecule has 0 amide bonds. The van der Waals surface area contributed by atoms with Crippen LogP contribution in [0.1, 0.15) is 52.4 Å². The highest BCUT2D eigenvalue weighted by Gasteiger charge is 2.66. The highest BCUT2D eigenvalue weighted by atomic mass is 35.5. The largest absolute Gasteiger partial charge is 0.393 e. The number of rotatable bonds is 0. The lowest BCUT2D eigenvalue weighted by atomic mass is 9.45. The lowest BCUT2D eigenvalue weighted by Gasteiger charge is -2.62. The van der Waals surface area contributed by atoms with Crippen molar-refractivity contribution in [3.8, 4) is 0 Å². The van der Waals surface area contributed by atoms with Gasteiger partial charge in [-0.25, -0.2) is 0 Å². The first-order valence-corrected chi connectivity index (χ1v) is 9.21. The van der Waals surface area contributed by atoms with Crippen molar-refractivity contribution in [1.82, 2.24) is 0 Å². The number of fused-ring (bicyclic) bond motifs is 5. The van der Waals surface area contributed by atoms with Crippen LogP contribution in [0.5, 0.6) is 0 Å². The molecular weight excluding hydrogens is 312 g/mol. The number of aliphatic hydroxyl groups excluding tert-OH is 1. The average molecular weight is 337 g/mol. The van der Waals surface area contributed by atoms with E-state index in [2.05, 4.69) is 13.8 Å². The summed E-state index contributed by atoms with van der Waals surface area (Å²) in [4.78, 5) is 23.7. The molecule has 4 rings (SSSR count). The van der Waals surface area contributed by atoms with Gasteiger partial charge in [0.1, 0.15) is 5.78 Å². The zero-order valence-electron chi connectivity index (χ0n) is 13.8. The van der Waals surface area contributed by atoms with Crippen LogP contribution in [0, 0.1) is 28.6 Å². The Balaban J connectivity index is 1.79. The third-order valence-electron chi connectivity index (χ3n) is 7.77. The van der Waals surface area contributed by atoms with E-state index in [1.54, 1.807) is 6.08 Å². The molecule has 3 saturated carbocycles. The standard InChI is InChI=1S/C19H25ClO3/c1-17-10-14(22)16-12(13(17)3-4-15(17)23)6-8-19(20)9-11(21)5-7-18(16,19)2/h5,7,12-14,16,22H,3-4,6,8-10H2,1-2H3/t12-,13-,14?,16+,17-,18+,19?/m0/s1. The zero-order chi connectivity index (χ0) is 16.6. The van der Waals surface area contributed by atoms with E-state index < -0.39 is 11.0 Å². The second-order valence-electron chi connectivity index (χ2n) is 8.71. The maximum atomic E-state index is 12.4. The number of halogens is 1. The quantitative estimate of drug-likeness (QED) is 0.691. The smallest absolute Gasteiger partial charge is 0.157 e. The second-order valence-corrected chi connectivity index (χ2v) is 9.43. The van der Waals surface area contributed by atoms with Gasteiger partial charge in [-0.3, -0.25) is 9.59 Å². The van der Waals surface area contributed by atoms with Gasteiger partial charge in [0.25, 0.3) is 0 Å². The monoisotopic (exact) mass is 336 g/mol. The number of aliphatic hydroxyl groups is 1. The van der Waals surface area contributed by atoms with Gasteiger partial charge in [0, 0.05) is 23.7 Å². The normalized spacial score (nSPS) is 55.3. The molecule has 3 fully saturated rings. The van der Waals surface area contributed by atoms with Crippen LogP contribution < -0.4 is 0 Å². The Morgan fingerprint density at radius 1 is 1.26 bits per heavy atom. The van der Waals surface area contributed by atoms with Crippen LogP contribution in [0.3, 0.4) is 0 Å². The predicted molar refractivity (Wildman–Crippen MR) is 88.1 cm³/mol. The van der Waals surface area contributed by atoms with E-state index in [1.165, 1.54) is 0 Å². The first-order chi connectivity index (χ1) is 10.7. The molecule has 0 aromatic rings. The second kappa shape index (κ2) is 4.70. The van der Waals surface area contributed by atoms with Crippen LogP contribution >= 0.6 is 11.6 Å². The summed E-state index contributed by atoms with van der Waals surface area (Å²) in [5.74, 6) is 1.13. The molecule has 0 aromatic heterocycles. The maximum Gasteiger partial charge on any atom is 0.157 e. The van der Waals surface area contributed by atoms with Gasteiger partial charge in [-0.1, -0.05) is 19.9 Å². The van der Waals surface area contributed by atoms with E-state index in [0.29, 0.717) is 36.9 Å². The Morgan fingerprint density at radius 3 is 2.74 bits per heavy atom. The number of hydrogen-bond acceptors (Lipinski definition) is 3. The molecule has 23 heavy (non-hydrogen) atoms. The highest BCUT2D eigenvalue weighted by molar-refractivity contribution is 6.26. The Kier molecular flexibility index (Phi) is 3.23. The number of allylic oxidation sites excluding steroid dienone is 2. The number of ketones is 2. The minimum absolute atomic E-state index is 0.0436. The van der Waals surface area contributed by atoms with Crippen LogP contribution in [-0.2, 0) is 9.59 Å². The predicted octanol–water partition coefficient (Wildman–Crippen LogP) is 3.28. The maximum absolute atomic E-state index is 12.4. The highest BCUT2D eigenvalue weighted by Crippen LogP contribution is 2.66. The van der Waals surface area contributed by atoms with Crippen molar-refractivity contribution >= 4 is 23.2 Å². The zero-order valence-corrected chi connectivity index (χ0v) is 14.6. The molecule has 0 aromatic carbocycles. The molecule has 0 heterocycles. The Labute approximate surface area is 142 Å². The SMILES string of the molecule is C[C@]12CC(O)[C@H]3[C@@H](CCC4(Cl)CC(=O)C=C[C@]34C)[C@@H]1CCC2=O. The Bertz CT molecular complexity index is 614. The molecule has 0 bridgehead atoms. The van der Waals surface area contributed by atoms with Crippen molar-refractivity contribution in [2.45, 2.75) is 63.4 Å². The van der Waals surface area contributed by atoms with Crippen LogP contribution in [-0.4, -0.2) is 27.7 Å². The molecule has 4 aliphatic carbocycles. The van der Waals surface area contributed by atoms with E-state index in [0.717, 1.165) is 19.3 Å². The van der Waals surface area contributed by atoms with Crippen molar-refractivity contribution in [2.75, 3.05) is 0 Å². The van der Waals surface area contributed by atoms with Crippen LogP contribution in [0.2, 0.25) is 0 Å². The van der Waals surface area contributed by atoms with E-state index in [1.807, 2.05) is 6.08 Å². The first-order valence-electron chi connectivity index (χ1n) is 8.84. The van der Waals surface area contributed by atoms with Gasteiger partial charge in [0.05, 0.1) is 11.0 Å². The van der Waals surface area contributed by atoms with Gasteiger partial charge in [0.15, 0.2) is 5.78 Å². The summed E-state index contributed by atoms with van der Waals surface area (Å²) in [6, 6.07) is 0. The topological polar surface area (TPSA) is 54.4 Å². The summed E-state index contributed by atoms with van der Waals surface area (Å²) in [5.41, 5.74) is -0.741. The lowest BCUT2D eigenvalue weighted by molar-refractivity contribution is -0.152. The molecule has 0 radical (unpaired) electrons. The number of Topliss-reactive ketones (excluding diaryl/α,β-unsaturated/α-hetero) is 1. The van der Waals surface area contributed by atoms with Crippen molar-refractivity contribution in [3.63, 3.8) is 0 Å². The summed E-state index contributed by atoms with van der Waals surface area (Å²) >= 11 is 6.95. The molecule has 0 saturated heterocycles. The van der Waals surface area contributed by atoms with Crippen LogP contribution in [0.25, 0.3) is 0 Å². The number of alkyl halides is 1. The van der Waals surface area contributed by atoms with E-state index in [9.17, 15) is 14.7 Å². The van der Waals surface area contributed by atoms with Gasteiger partial charge < -0.3 is 5.11 Å². The van der Waals surface area contributed by atoms with Gasteiger partial charge in [-0.2, -0.15) is 0 Å². The fourth-order valence-corrected chi connectivity index (χ4v) is 6.91. The van der Waals surface area contributed by atoms with E-state index >= 15 is 0 Å². The summed E-state index contributed by atoms with van der Waals surface area (Å²) < 4.78 is 0. The summed E-state index contributed by atoms with van der Waals surface area (Å²) in [6.45, 7) is 4.17. The molecule has 7 atom stereocenters. The number of carbonyl (C=O) groups excluding carboxylic acids is 2.